The number of nitrogens with zero attached hydrogens (tertiary/aromatic N) is 1. The van der Waals surface area contributed by atoms with Crippen LogP contribution in [0.15, 0.2) is 46.9 Å². The molecule has 0 aliphatic carbocycles. The lowest BCUT2D eigenvalue weighted by molar-refractivity contribution is -0.120. The number of carbonyl (C=O) groups is 2. The zero-order valence-electron chi connectivity index (χ0n) is 12.8. The molecule has 2 amide bonds. The predicted molar refractivity (Wildman–Crippen MR) is 97.0 cm³/mol. The van der Waals surface area contributed by atoms with Gasteiger partial charge in [-0.2, -0.15) is 0 Å². The molecule has 0 saturated heterocycles. The number of hydrogen-bond donors (Lipinski definition) is 1. The Morgan fingerprint density at radius 2 is 1.91 bits per heavy atom. The molecule has 1 N–H and O–H groups in total. The Bertz CT molecular complexity index is 749. The van der Waals surface area contributed by atoms with Gasteiger partial charge in [0.1, 0.15) is 6.54 Å². The summed E-state index contributed by atoms with van der Waals surface area (Å²) in [5, 5.41) is 3.20. The van der Waals surface area contributed by atoms with Crippen LogP contribution >= 0.6 is 27.5 Å². The number of aryl methyl sites for hydroxylation is 1. The van der Waals surface area contributed by atoms with E-state index in [-0.39, 0.29) is 18.4 Å². The number of benzene rings is 2. The van der Waals surface area contributed by atoms with E-state index >= 15 is 0 Å². The molecule has 0 aromatic heterocycles. The van der Waals surface area contributed by atoms with E-state index in [2.05, 4.69) is 21.2 Å². The molecule has 0 unspecified atom stereocenters. The topological polar surface area (TPSA) is 49.4 Å². The smallest absolute Gasteiger partial charge is 0.244 e. The molecule has 0 aliphatic heterocycles. The first kappa shape index (κ1) is 17.5. The summed E-state index contributed by atoms with van der Waals surface area (Å²) in [6, 6.07) is 12.5. The standard InChI is InChI=1S/C17H16BrClN2O2/c1-11-7-8-13(9-14(11)18)20-17(23)10-21(12(2)22)16-6-4-3-5-15(16)19/h3-9H,10H2,1-2H3,(H,20,23). The lowest BCUT2D eigenvalue weighted by Gasteiger charge is -2.21. The van der Waals surface area contributed by atoms with Gasteiger partial charge >= 0.3 is 0 Å². The molecular formula is C17H16BrClN2O2. The molecule has 0 aliphatic rings. The maximum Gasteiger partial charge on any atom is 0.244 e. The Kier molecular flexibility index (Phi) is 5.80. The highest BCUT2D eigenvalue weighted by molar-refractivity contribution is 9.10. The van der Waals surface area contributed by atoms with Gasteiger partial charge in [-0.3, -0.25) is 9.59 Å². The van der Waals surface area contributed by atoms with Crippen molar-refractivity contribution in [1.29, 1.82) is 0 Å². The Labute approximate surface area is 148 Å². The van der Waals surface area contributed by atoms with Crippen LogP contribution in [0.5, 0.6) is 0 Å². The van der Waals surface area contributed by atoms with Crippen LogP contribution < -0.4 is 10.2 Å². The van der Waals surface area contributed by atoms with E-state index in [1.54, 1.807) is 24.3 Å². The highest BCUT2D eigenvalue weighted by atomic mass is 79.9. The van der Waals surface area contributed by atoms with Crippen molar-refractivity contribution >= 4 is 50.7 Å². The van der Waals surface area contributed by atoms with E-state index in [4.69, 9.17) is 11.6 Å². The fraction of sp³-hybridized carbons (Fsp3) is 0.176. The van der Waals surface area contributed by atoms with Crippen molar-refractivity contribution in [3.63, 3.8) is 0 Å². The van der Waals surface area contributed by atoms with Crippen LogP contribution in [0.4, 0.5) is 11.4 Å². The lowest BCUT2D eigenvalue weighted by Crippen LogP contribution is -2.36. The summed E-state index contributed by atoms with van der Waals surface area (Å²) < 4.78 is 0.907. The van der Waals surface area contributed by atoms with Crippen LogP contribution in [0.25, 0.3) is 0 Å². The van der Waals surface area contributed by atoms with E-state index < -0.39 is 0 Å². The predicted octanol–water partition coefficient (Wildman–Crippen LogP) is 4.40. The SMILES string of the molecule is CC(=O)N(CC(=O)Nc1ccc(C)c(Br)c1)c1ccccc1Cl. The summed E-state index contributed by atoms with van der Waals surface area (Å²) in [6.45, 7) is 3.26. The van der Waals surface area contributed by atoms with Gasteiger partial charge in [-0.25, -0.2) is 0 Å². The molecule has 2 aromatic rings. The summed E-state index contributed by atoms with van der Waals surface area (Å²) >= 11 is 9.54. The average Bonchev–Trinajstić information content (AvgIpc) is 2.49. The fourth-order valence-corrected chi connectivity index (χ4v) is 2.67. The summed E-state index contributed by atoms with van der Waals surface area (Å²) in [5.41, 5.74) is 2.25. The van der Waals surface area contributed by atoms with Gasteiger partial charge in [0.2, 0.25) is 11.8 Å². The molecular weight excluding hydrogens is 380 g/mol. The van der Waals surface area contributed by atoms with Gasteiger partial charge in [0.15, 0.2) is 0 Å². The quantitative estimate of drug-likeness (QED) is 0.834. The molecule has 0 fully saturated rings. The number of nitrogens with one attached hydrogen (secondary N) is 1. The minimum absolute atomic E-state index is 0.107. The molecule has 120 valence electrons. The van der Waals surface area contributed by atoms with Crippen LogP contribution in [0.2, 0.25) is 5.02 Å². The van der Waals surface area contributed by atoms with E-state index in [1.165, 1.54) is 11.8 Å². The molecule has 2 aromatic carbocycles. The van der Waals surface area contributed by atoms with Gasteiger partial charge in [-0.05, 0) is 36.8 Å². The van der Waals surface area contributed by atoms with E-state index in [1.807, 2.05) is 25.1 Å². The Balaban J connectivity index is 2.14. The lowest BCUT2D eigenvalue weighted by atomic mass is 10.2. The van der Waals surface area contributed by atoms with Gasteiger partial charge in [0.05, 0.1) is 10.7 Å². The molecule has 6 heteroatoms. The minimum atomic E-state index is -0.295. The van der Waals surface area contributed by atoms with Crippen molar-refractivity contribution in [2.75, 3.05) is 16.8 Å². The third kappa shape index (κ3) is 4.56. The number of hydrogen-bond acceptors (Lipinski definition) is 2. The molecule has 0 bridgehead atoms. The zero-order chi connectivity index (χ0) is 17.0. The number of carbonyl (C=O) groups excluding carboxylic acids is 2. The fourth-order valence-electron chi connectivity index (χ4n) is 2.05. The zero-order valence-corrected chi connectivity index (χ0v) is 15.1. The average molecular weight is 396 g/mol. The summed E-state index contributed by atoms with van der Waals surface area (Å²) in [7, 11) is 0. The largest absolute Gasteiger partial charge is 0.324 e. The van der Waals surface area contributed by atoms with Crippen LogP contribution in [-0.2, 0) is 9.59 Å². The van der Waals surface area contributed by atoms with Crippen molar-refractivity contribution in [2.45, 2.75) is 13.8 Å². The van der Waals surface area contributed by atoms with Gasteiger partial charge in [0.25, 0.3) is 0 Å². The molecule has 0 heterocycles. The first-order chi connectivity index (χ1) is 10.9. The molecule has 0 spiro atoms. The Morgan fingerprint density at radius 1 is 1.22 bits per heavy atom. The van der Waals surface area contributed by atoms with E-state index in [0.717, 1.165) is 10.0 Å². The maximum atomic E-state index is 12.2. The third-order valence-corrected chi connectivity index (χ3v) is 4.45. The van der Waals surface area contributed by atoms with Crippen molar-refractivity contribution in [2.24, 2.45) is 0 Å². The van der Waals surface area contributed by atoms with Crippen molar-refractivity contribution in [3.05, 3.63) is 57.5 Å². The molecule has 0 saturated carbocycles. The Morgan fingerprint density at radius 3 is 2.52 bits per heavy atom. The van der Waals surface area contributed by atoms with E-state index in [9.17, 15) is 9.59 Å². The van der Waals surface area contributed by atoms with Crippen LogP contribution in [-0.4, -0.2) is 18.4 Å². The number of halogens is 2. The number of anilines is 2. The monoisotopic (exact) mass is 394 g/mol. The summed E-state index contributed by atoms with van der Waals surface area (Å²) in [4.78, 5) is 25.5. The molecule has 0 radical (unpaired) electrons. The Hall–Kier alpha value is -1.85. The summed E-state index contributed by atoms with van der Waals surface area (Å²) in [6.07, 6.45) is 0. The van der Waals surface area contributed by atoms with Crippen LogP contribution in [0.1, 0.15) is 12.5 Å². The number of para-hydroxylation sites is 1. The normalized spacial score (nSPS) is 10.3. The number of rotatable bonds is 4. The molecule has 4 nitrogen and oxygen atoms in total. The van der Waals surface area contributed by atoms with Crippen molar-refractivity contribution in [3.8, 4) is 0 Å². The van der Waals surface area contributed by atoms with Gasteiger partial charge in [0, 0.05) is 17.1 Å². The number of amides is 2. The second kappa shape index (κ2) is 7.62. The summed E-state index contributed by atoms with van der Waals surface area (Å²) in [5.74, 6) is -0.547. The highest BCUT2D eigenvalue weighted by Crippen LogP contribution is 2.25. The minimum Gasteiger partial charge on any atom is -0.324 e. The van der Waals surface area contributed by atoms with Crippen LogP contribution in [0.3, 0.4) is 0 Å². The first-order valence-electron chi connectivity index (χ1n) is 6.97. The van der Waals surface area contributed by atoms with E-state index in [0.29, 0.717) is 16.4 Å². The molecule has 23 heavy (non-hydrogen) atoms. The van der Waals surface area contributed by atoms with Gasteiger partial charge in [-0.1, -0.05) is 45.7 Å². The maximum absolute atomic E-state index is 12.2. The molecule has 0 atom stereocenters. The second-order valence-corrected chi connectivity index (χ2v) is 6.33. The first-order valence-corrected chi connectivity index (χ1v) is 8.14. The van der Waals surface area contributed by atoms with Crippen LogP contribution in [0, 0.1) is 6.92 Å². The van der Waals surface area contributed by atoms with Crippen molar-refractivity contribution < 1.29 is 9.59 Å². The van der Waals surface area contributed by atoms with Gasteiger partial charge in [-0.15, -0.1) is 0 Å². The van der Waals surface area contributed by atoms with Crippen molar-refractivity contribution in [1.82, 2.24) is 0 Å². The molecule has 2 rings (SSSR count). The highest BCUT2D eigenvalue weighted by Gasteiger charge is 2.18. The van der Waals surface area contributed by atoms with Gasteiger partial charge < -0.3 is 10.2 Å². The second-order valence-electron chi connectivity index (χ2n) is 5.07. The third-order valence-electron chi connectivity index (χ3n) is 3.28.